The minimum absolute atomic E-state index is 0.0225. The molecule has 0 radical (unpaired) electrons. The lowest BCUT2D eigenvalue weighted by Gasteiger charge is -2.18. The van der Waals surface area contributed by atoms with E-state index in [1.54, 1.807) is 17.7 Å². The Morgan fingerprint density at radius 1 is 1.14 bits per heavy atom. The average molecular weight is 405 g/mol. The fourth-order valence-corrected chi connectivity index (χ4v) is 3.15. The number of aliphatic hydroxyl groups excluding tert-OH is 1. The molecule has 2 rings (SSSR count). The summed E-state index contributed by atoms with van der Waals surface area (Å²) >= 11 is 0. The highest BCUT2D eigenvalue weighted by Crippen LogP contribution is 2.10. The molecule has 0 spiro atoms. The highest BCUT2D eigenvalue weighted by atomic mass is 16.5. The number of aryl methyl sites for hydroxylation is 2. The van der Waals surface area contributed by atoms with Gasteiger partial charge in [-0.1, -0.05) is 50.1 Å². The van der Waals surface area contributed by atoms with Crippen molar-refractivity contribution in [3.63, 3.8) is 0 Å². The second-order valence-corrected chi connectivity index (χ2v) is 7.13. The van der Waals surface area contributed by atoms with Crippen LogP contribution in [0, 0.1) is 6.92 Å². The molecule has 0 bridgehead atoms. The van der Waals surface area contributed by atoms with Gasteiger partial charge in [-0.15, -0.1) is 0 Å². The van der Waals surface area contributed by atoms with E-state index in [4.69, 9.17) is 14.6 Å². The Balaban J connectivity index is 2.06. The van der Waals surface area contributed by atoms with Crippen molar-refractivity contribution < 1.29 is 14.6 Å². The lowest BCUT2D eigenvalue weighted by atomic mass is 10.1. The fourth-order valence-electron chi connectivity index (χ4n) is 3.15. The normalized spacial score (nSPS) is 12.2. The van der Waals surface area contributed by atoms with Crippen LogP contribution in [0.1, 0.15) is 43.7 Å². The lowest BCUT2D eigenvalue weighted by Crippen LogP contribution is -2.41. The fraction of sp³-hybridized carbons (Fsp3) is 0.545. The molecule has 0 aliphatic heterocycles. The maximum atomic E-state index is 12.8. The van der Waals surface area contributed by atoms with Crippen LogP contribution >= 0.6 is 0 Å². The molecule has 160 valence electrons. The monoisotopic (exact) mass is 404 g/mol. The molecule has 7 heteroatoms. The van der Waals surface area contributed by atoms with E-state index in [0.717, 1.165) is 29.4 Å². The third-order valence-electron chi connectivity index (χ3n) is 4.76. The Morgan fingerprint density at radius 3 is 2.59 bits per heavy atom. The minimum Gasteiger partial charge on any atom is -0.394 e. The van der Waals surface area contributed by atoms with Gasteiger partial charge in [-0.2, -0.15) is 0 Å². The molecule has 0 saturated heterocycles. The predicted molar refractivity (Wildman–Crippen MR) is 112 cm³/mol. The van der Waals surface area contributed by atoms with Crippen molar-refractivity contribution in [2.75, 3.05) is 13.2 Å². The molecule has 0 saturated carbocycles. The van der Waals surface area contributed by atoms with E-state index in [-0.39, 0.29) is 37.3 Å². The number of rotatable bonds is 13. The number of aromatic nitrogens is 2. The Hall–Kier alpha value is -2.22. The summed E-state index contributed by atoms with van der Waals surface area (Å²) in [6.07, 6.45) is 5.18. The highest BCUT2D eigenvalue weighted by Gasteiger charge is 2.13. The van der Waals surface area contributed by atoms with Gasteiger partial charge < -0.3 is 14.6 Å². The summed E-state index contributed by atoms with van der Waals surface area (Å²) in [5, 5.41) is 9.01. The molecule has 2 aromatic rings. The second-order valence-electron chi connectivity index (χ2n) is 7.13. The van der Waals surface area contributed by atoms with E-state index in [1.165, 1.54) is 0 Å². The van der Waals surface area contributed by atoms with E-state index in [2.05, 4.69) is 6.92 Å². The van der Waals surface area contributed by atoms with Gasteiger partial charge in [-0.25, -0.2) is 9.36 Å². The van der Waals surface area contributed by atoms with Gasteiger partial charge in [0.1, 0.15) is 6.73 Å². The smallest absolute Gasteiger partial charge is 0.332 e. The van der Waals surface area contributed by atoms with E-state index < -0.39 is 0 Å². The number of ether oxygens (including phenoxy) is 2. The van der Waals surface area contributed by atoms with Crippen molar-refractivity contribution in [1.82, 2.24) is 9.13 Å². The van der Waals surface area contributed by atoms with Crippen LogP contribution in [0.4, 0.5) is 0 Å². The molecule has 29 heavy (non-hydrogen) atoms. The van der Waals surface area contributed by atoms with Crippen LogP contribution in [-0.4, -0.2) is 33.6 Å². The molecule has 0 fully saturated rings. The Kier molecular flexibility index (Phi) is 9.83. The second kappa shape index (κ2) is 12.4. The number of aliphatic hydroxyl groups is 1. The topological polar surface area (TPSA) is 82.7 Å². The molecule has 1 aromatic heterocycles. The molecular weight excluding hydrogens is 372 g/mol. The first-order valence-electron chi connectivity index (χ1n) is 10.2. The Labute approximate surface area is 171 Å². The van der Waals surface area contributed by atoms with Crippen LogP contribution in [0.2, 0.25) is 0 Å². The SMILES string of the molecule is CCCC[C@H](CCn1cc(C)c(=O)n(COCc2ccccc2)c1=O)OCCO. The zero-order valence-electron chi connectivity index (χ0n) is 17.4. The first kappa shape index (κ1) is 23.1. The van der Waals surface area contributed by atoms with Crippen molar-refractivity contribution in [2.24, 2.45) is 0 Å². The maximum Gasteiger partial charge on any atom is 0.332 e. The van der Waals surface area contributed by atoms with Gasteiger partial charge in [-0.3, -0.25) is 9.36 Å². The first-order valence-corrected chi connectivity index (χ1v) is 10.2. The molecule has 0 aliphatic carbocycles. The number of hydrogen-bond acceptors (Lipinski definition) is 5. The van der Waals surface area contributed by atoms with Gasteiger partial charge in [-0.05, 0) is 25.3 Å². The molecule has 0 unspecified atom stereocenters. The van der Waals surface area contributed by atoms with Crippen LogP contribution in [0.5, 0.6) is 0 Å². The van der Waals surface area contributed by atoms with E-state index in [9.17, 15) is 9.59 Å². The summed E-state index contributed by atoms with van der Waals surface area (Å²) in [6, 6.07) is 9.61. The van der Waals surface area contributed by atoms with Crippen LogP contribution < -0.4 is 11.2 Å². The third-order valence-corrected chi connectivity index (χ3v) is 4.76. The molecule has 1 N–H and O–H groups in total. The van der Waals surface area contributed by atoms with Crippen LogP contribution in [-0.2, 0) is 29.4 Å². The Bertz CT molecular complexity index is 837. The largest absolute Gasteiger partial charge is 0.394 e. The van der Waals surface area contributed by atoms with Crippen LogP contribution in [0.3, 0.4) is 0 Å². The van der Waals surface area contributed by atoms with Crippen molar-refractivity contribution in [1.29, 1.82) is 0 Å². The van der Waals surface area contributed by atoms with E-state index in [0.29, 0.717) is 25.1 Å². The number of unbranched alkanes of at least 4 members (excludes halogenated alkanes) is 1. The van der Waals surface area contributed by atoms with Gasteiger partial charge in [0.15, 0.2) is 0 Å². The summed E-state index contributed by atoms with van der Waals surface area (Å²) in [6.45, 7) is 4.76. The molecule has 0 aliphatic rings. The number of hydrogen-bond donors (Lipinski definition) is 1. The van der Waals surface area contributed by atoms with Crippen LogP contribution in [0.15, 0.2) is 46.1 Å². The van der Waals surface area contributed by atoms with Gasteiger partial charge in [0, 0.05) is 18.3 Å². The standard InChI is InChI=1S/C22H32N2O5/c1-3-4-10-20(29-14-13-25)11-12-23-15-18(2)21(26)24(22(23)27)17-28-16-19-8-6-5-7-9-19/h5-9,15,20,25H,3-4,10-14,16-17H2,1-2H3/t20-/m1/s1. The zero-order valence-corrected chi connectivity index (χ0v) is 17.4. The zero-order chi connectivity index (χ0) is 21.1. The number of benzene rings is 1. The number of nitrogens with zero attached hydrogens (tertiary/aromatic N) is 2. The summed E-state index contributed by atoms with van der Waals surface area (Å²) in [4.78, 5) is 25.2. The Morgan fingerprint density at radius 2 is 1.90 bits per heavy atom. The van der Waals surface area contributed by atoms with Gasteiger partial charge in [0.2, 0.25) is 0 Å². The molecule has 1 aromatic carbocycles. The van der Waals surface area contributed by atoms with Crippen molar-refractivity contribution in [3.8, 4) is 0 Å². The average Bonchev–Trinajstić information content (AvgIpc) is 2.74. The summed E-state index contributed by atoms with van der Waals surface area (Å²) in [7, 11) is 0. The predicted octanol–water partition coefficient (Wildman–Crippen LogP) is 2.45. The van der Waals surface area contributed by atoms with E-state index >= 15 is 0 Å². The molecular formula is C22H32N2O5. The first-order chi connectivity index (χ1) is 14.1. The molecule has 1 heterocycles. The molecule has 1 atom stereocenters. The van der Waals surface area contributed by atoms with Crippen molar-refractivity contribution >= 4 is 0 Å². The van der Waals surface area contributed by atoms with E-state index in [1.807, 2.05) is 30.3 Å². The quantitative estimate of drug-likeness (QED) is 0.555. The third kappa shape index (κ3) is 7.27. The van der Waals surface area contributed by atoms with Gasteiger partial charge in [0.25, 0.3) is 5.56 Å². The maximum absolute atomic E-state index is 12.8. The molecule has 0 amide bonds. The lowest BCUT2D eigenvalue weighted by molar-refractivity contribution is 0.0155. The van der Waals surface area contributed by atoms with Gasteiger partial charge >= 0.3 is 5.69 Å². The molecule has 7 nitrogen and oxygen atoms in total. The van der Waals surface area contributed by atoms with Crippen LogP contribution in [0.25, 0.3) is 0 Å². The summed E-state index contributed by atoms with van der Waals surface area (Å²) in [5.74, 6) is 0. The summed E-state index contributed by atoms with van der Waals surface area (Å²) in [5.41, 5.74) is 0.756. The van der Waals surface area contributed by atoms with Crippen molar-refractivity contribution in [2.45, 2.75) is 65.5 Å². The minimum atomic E-state index is -0.384. The highest BCUT2D eigenvalue weighted by molar-refractivity contribution is 5.13. The summed E-state index contributed by atoms with van der Waals surface area (Å²) < 4.78 is 14.0. The van der Waals surface area contributed by atoms with Gasteiger partial charge in [0.05, 0.1) is 25.9 Å². The van der Waals surface area contributed by atoms with Crippen molar-refractivity contribution in [3.05, 3.63) is 68.5 Å².